The Kier molecular flexibility index (Phi) is 9.76. The highest BCUT2D eigenvalue weighted by Crippen LogP contribution is 2.33. The van der Waals surface area contributed by atoms with Gasteiger partial charge in [-0.05, 0) is 48.9 Å². The summed E-state index contributed by atoms with van der Waals surface area (Å²) in [6.07, 6.45) is 5.26. The lowest BCUT2D eigenvalue weighted by Gasteiger charge is -2.30. The zero-order chi connectivity index (χ0) is 32.2. The molecule has 1 unspecified atom stereocenters. The molecule has 2 aromatic carbocycles. The van der Waals surface area contributed by atoms with Crippen LogP contribution < -0.4 is 15.6 Å². The van der Waals surface area contributed by atoms with E-state index in [9.17, 15) is 27.6 Å². The van der Waals surface area contributed by atoms with Gasteiger partial charge in [0.05, 0.1) is 12.1 Å². The predicted octanol–water partition coefficient (Wildman–Crippen LogP) is 3.37. The molecule has 4 aromatic rings. The molecule has 0 aliphatic heterocycles. The number of fused-ring (bicyclic) bond motifs is 1. The zero-order valence-electron chi connectivity index (χ0n) is 25.2. The van der Waals surface area contributed by atoms with Crippen LogP contribution in [0.1, 0.15) is 24.6 Å². The van der Waals surface area contributed by atoms with Crippen molar-refractivity contribution in [2.45, 2.75) is 31.7 Å². The van der Waals surface area contributed by atoms with E-state index in [0.717, 1.165) is 18.2 Å². The third kappa shape index (κ3) is 7.64. The molecule has 0 aliphatic rings. The first-order chi connectivity index (χ1) is 20.7. The minimum absolute atomic E-state index is 0.0800. The monoisotopic (exact) mass is 604 g/mol. The molecule has 0 saturated carbocycles. The number of anilines is 1. The van der Waals surface area contributed by atoms with Crippen LogP contribution in [0, 0.1) is 23.4 Å². The van der Waals surface area contributed by atoms with Gasteiger partial charge in [0.25, 0.3) is 5.56 Å². The Hall–Kier alpha value is -4.67. The standard InChI is InChI=1S/C31H33B2F3N4O4/c1-18(31(32,33)10-4-7-27(41)39(2)3)29(42)38-25-6-5-11-40(30(25)43)16-23-13-20-12-22(35)15-26(28(20)37-23)44-17-19-8-9-21(34)14-24(19)36/h4-9,11-15,18,37H,10,16-17,32-33H2,1-3H3,(H,38,42)/b7-4+. The maximum absolute atomic E-state index is 14.4. The number of allylic oxidation sites excluding steroid dienone is 1. The highest BCUT2D eigenvalue weighted by molar-refractivity contribution is 6.41. The van der Waals surface area contributed by atoms with Gasteiger partial charge in [0.2, 0.25) is 11.8 Å². The maximum Gasteiger partial charge on any atom is 0.274 e. The van der Waals surface area contributed by atoms with Crippen molar-refractivity contribution in [2.24, 2.45) is 5.92 Å². The van der Waals surface area contributed by atoms with Crippen LogP contribution in [-0.2, 0) is 22.7 Å². The Bertz CT molecular complexity index is 1790. The van der Waals surface area contributed by atoms with Crippen LogP contribution in [0.15, 0.2) is 71.7 Å². The molecule has 2 heterocycles. The molecule has 1 atom stereocenters. The number of amides is 2. The average molecular weight is 604 g/mol. The molecule has 0 fully saturated rings. The topological polar surface area (TPSA) is 96.4 Å². The Labute approximate surface area is 254 Å². The Morgan fingerprint density at radius 3 is 2.57 bits per heavy atom. The lowest BCUT2D eigenvalue weighted by molar-refractivity contribution is -0.123. The van der Waals surface area contributed by atoms with E-state index >= 15 is 0 Å². The van der Waals surface area contributed by atoms with Crippen LogP contribution in [0.25, 0.3) is 10.9 Å². The van der Waals surface area contributed by atoms with Gasteiger partial charge in [-0.1, -0.05) is 18.2 Å². The number of H-pyrrole nitrogens is 1. The van der Waals surface area contributed by atoms with E-state index in [2.05, 4.69) is 10.3 Å². The second-order valence-electron chi connectivity index (χ2n) is 11.6. The number of halogens is 3. The van der Waals surface area contributed by atoms with E-state index in [4.69, 9.17) is 4.74 Å². The number of ether oxygens (including phenoxy) is 1. The molecule has 13 heteroatoms. The highest BCUT2D eigenvalue weighted by atomic mass is 19.1. The second-order valence-corrected chi connectivity index (χ2v) is 11.6. The largest absolute Gasteiger partial charge is 0.486 e. The number of nitrogens with zero attached hydrogens (tertiary/aromatic N) is 2. The lowest BCUT2D eigenvalue weighted by atomic mass is 9.47. The van der Waals surface area contributed by atoms with Crippen LogP contribution in [0.2, 0.25) is 5.21 Å². The predicted molar refractivity (Wildman–Crippen MR) is 169 cm³/mol. The van der Waals surface area contributed by atoms with Crippen molar-refractivity contribution in [1.29, 1.82) is 0 Å². The summed E-state index contributed by atoms with van der Waals surface area (Å²) < 4.78 is 48.8. The molecule has 44 heavy (non-hydrogen) atoms. The van der Waals surface area contributed by atoms with Gasteiger partial charge in [-0.25, -0.2) is 13.2 Å². The summed E-state index contributed by atoms with van der Waals surface area (Å²) in [6.45, 7) is 1.60. The molecule has 0 bridgehead atoms. The molecular weight excluding hydrogens is 571 g/mol. The fourth-order valence-electron chi connectivity index (χ4n) is 4.55. The quantitative estimate of drug-likeness (QED) is 0.203. The van der Waals surface area contributed by atoms with E-state index in [0.29, 0.717) is 23.0 Å². The van der Waals surface area contributed by atoms with Gasteiger partial charge in [-0.15, -0.1) is 0 Å². The number of aromatic amines is 1. The van der Waals surface area contributed by atoms with Gasteiger partial charge in [0, 0.05) is 55.0 Å². The van der Waals surface area contributed by atoms with Gasteiger partial charge in [0.15, 0.2) is 0 Å². The number of nitrogens with one attached hydrogen (secondary N) is 2. The summed E-state index contributed by atoms with van der Waals surface area (Å²) in [5, 5.41) is 2.72. The second kappa shape index (κ2) is 13.3. The van der Waals surface area contributed by atoms with Crippen LogP contribution >= 0.6 is 0 Å². The van der Waals surface area contributed by atoms with E-state index in [1.165, 1.54) is 33.7 Å². The van der Waals surface area contributed by atoms with E-state index < -0.39 is 34.1 Å². The molecular formula is C31H33B2F3N4O4. The summed E-state index contributed by atoms with van der Waals surface area (Å²) >= 11 is 0. The van der Waals surface area contributed by atoms with Crippen molar-refractivity contribution in [3.8, 4) is 5.75 Å². The lowest BCUT2D eigenvalue weighted by Crippen LogP contribution is -2.35. The third-order valence-electron chi connectivity index (χ3n) is 7.64. The molecule has 2 aromatic heterocycles. The summed E-state index contributed by atoms with van der Waals surface area (Å²) in [5.41, 5.74) is 0.775. The van der Waals surface area contributed by atoms with E-state index in [1.807, 2.05) is 15.7 Å². The smallest absolute Gasteiger partial charge is 0.274 e. The molecule has 228 valence electrons. The number of likely N-dealkylation sites (N-methyl/N-ethyl adjacent to an activating group) is 1. The highest BCUT2D eigenvalue weighted by Gasteiger charge is 2.31. The number of hydrogen-bond acceptors (Lipinski definition) is 4. The van der Waals surface area contributed by atoms with E-state index in [-0.39, 0.29) is 42.0 Å². The van der Waals surface area contributed by atoms with Gasteiger partial charge in [0.1, 0.15) is 51.2 Å². The van der Waals surface area contributed by atoms with Crippen molar-refractivity contribution >= 4 is 44.1 Å². The molecule has 0 aliphatic carbocycles. The molecule has 0 spiro atoms. The van der Waals surface area contributed by atoms with Crippen molar-refractivity contribution in [3.63, 3.8) is 0 Å². The number of aromatic nitrogens is 2. The van der Waals surface area contributed by atoms with Gasteiger partial charge in [-0.3, -0.25) is 14.4 Å². The first-order valence-electron chi connectivity index (χ1n) is 14.0. The molecule has 0 radical (unpaired) electrons. The van der Waals surface area contributed by atoms with Crippen molar-refractivity contribution in [1.82, 2.24) is 14.5 Å². The number of pyridine rings is 1. The zero-order valence-corrected chi connectivity index (χ0v) is 25.2. The van der Waals surface area contributed by atoms with Crippen LogP contribution in [0.3, 0.4) is 0 Å². The van der Waals surface area contributed by atoms with E-state index in [1.54, 1.807) is 45.4 Å². The van der Waals surface area contributed by atoms with Crippen molar-refractivity contribution < 1.29 is 27.5 Å². The molecule has 2 N–H and O–H groups in total. The summed E-state index contributed by atoms with van der Waals surface area (Å²) in [6, 6.07) is 10.4. The number of hydrogen-bond donors (Lipinski definition) is 2. The Balaban J connectivity index is 1.49. The van der Waals surface area contributed by atoms with Crippen molar-refractivity contribution in [3.05, 3.63) is 106 Å². The van der Waals surface area contributed by atoms with Gasteiger partial charge in [-0.2, -0.15) is 0 Å². The van der Waals surface area contributed by atoms with Crippen molar-refractivity contribution in [2.75, 3.05) is 19.4 Å². The number of benzene rings is 2. The normalized spacial score (nSPS) is 12.4. The fraction of sp³-hybridized carbons (Fsp3) is 0.258. The summed E-state index contributed by atoms with van der Waals surface area (Å²) in [7, 11) is 7.15. The average Bonchev–Trinajstić information content (AvgIpc) is 3.36. The van der Waals surface area contributed by atoms with Crippen LogP contribution in [0.5, 0.6) is 5.75 Å². The van der Waals surface area contributed by atoms with Crippen LogP contribution in [-0.4, -0.2) is 56.1 Å². The summed E-state index contributed by atoms with van der Waals surface area (Å²) in [4.78, 5) is 42.8. The van der Waals surface area contributed by atoms with Gasteiger partial charge < -0.3 is 24.5 Å². The fourth-order valence-corrected chi connectivity index (χ4v) is 4.55. The first-order valence-corrected chi connectivity index (χ1v) is 14.0. The number of carbonyl (C=O) groups excluding carboxylic acids is 2. The first kappa shape index (κ1) is 32.2. The summed E-state index contributed by atoms with van der Waals surface area (Å²) in [5.74, 6) is -2.91. The number of carbonyl (C=O) groups is 2. The number of rotatable bonds is 11. The maximum atomic E-state index is 14.4. The molecule has 0 saturated heterocycles. The van der Waals surface area contributed by atoms with Crippen LogP contribution in [0.4, 0.5) is 18.9 Å². The third-order valence-corrected chi connectivity index (χ3v) is 7.64. The molecule has 4 rings (SSSR count). The molecule has 2 amide bonds. The Morgan fingerprint density at radius 2 is 1.86 bits per heavy atom. The molecule has 8 nitrogen and oxygen atoms in total. The van der Waals surface area contributed by atoms with Gasteiger partial charge >= 0.3 is 0 Å². The Morgan fingerprint density at radius 1 is 1.11 bits per heavy atom. The minimum Gasteiger partial charge on any atom is -0.486 e. The SMILES string of the molecule is BC(B)(C/C=C/C(=O)N(C)C)C(C)C(=O)Nc1cccn(Cc2cc3cc(F)cc(OCc4ccc(F)cc4F)c3[nH]2)c1=O. The minimum atomic E-state index is -0.776.